The van der Waals surface area contributed by atoms with Crippen molar-refractivity contribution < 1.29 is 4.74 Å². The van der Waals surface area contributed by atoms with E-state index in [1.165, 1.54) is 32.1 Å². The van der Waals surface area contributed by atoms with Crippen LogP contribution in [0.1, 0.15) is 52.0 Å². The van der Waals surface area contributed by atoms with Crippen LogP contribution in [0.3, 0.4) is 0 Å². The molecule has 1 aliphatic rings. The Bertz CT molecular complexity index is 345. The predicted molar refractivity (Wildman–Crippen MR) is 73.9 cm³/mol. The van der Waals surface area contributed by atoms with E-state index in [1.54, 1.807) is 0 Å². The maximum atomic E-state index is 5.53. The predicted octanol–water partition coefficient (Wildman–Crippen LogP) is 3.23. The molecule has 1 aromatic heterocycles. The number of anilines is 1. The van der Waals surface area contributed by atoms with Crippen molar-refractivity contribution in [3.05, 3.63) is 12.4 Å². The summed E-state index contributed by atoms with van der Waals surface area (Å²) in [5.74, 6) is 0.994. The van der Waals surface area contributed by atoms with Crippen LogP contribution in [0.4, 0.5) is 5.95 Å². The summed E-state index contributed by atoms with van der Waals surface area (Å²) >= 11 is 0. The minimum atomic E-state index is 0.228. The molecular formula is C14H25N3O. The number of rotatable bonds is 6. The Morgan fingerprint density at radius 3 is 2.94 bits per heavy atom. The van der Waals surface area contributed by atoms with E-state index in [4.69, 9.17) is 4.74 Å². The van der Waals surface area contributed by atoms with Crippen LogP contribution in [0.25, 0.3) is 0 Å². The van der Waals surface area contributed by atoms with E-state index in [0.717, 1.165) is 19.1 Å². The van der Waals surface area contributed by atoms with Crippen molar-refractivity contribution in [2.75, 3.05) is 18.5 Å². The highest BCUT2D eigenvalue weighted by atomic mass is 16.5. The van der Waals surface area contributed by atoms with E-state index >= 15 is 0 Å². The highest BCUT2D eigenvalue weighted by molar-refractivity contribution is 5.27. The fourth-order valence-electron chi connectivity index (χ4n) is 2.68. The van der Waals surface area contributed by atoms with Gasteiger partial charge in [0.2, 0.25) is 5.95 Å². The van der Waals surface area contributed by atoms with Gasteiger partial charge in [-0.2, -0.15) is 0 Å². The monoisotopic (exact) mass is 251 g/mol. The van der Waals surface area contributed by atoms with Gasteiger partial charge in [0.05, 0.1) is 6.10 Å². The normalized spacial score (nSPS) is 18.8. The first kappa shape index (κ1) is 13.4. The van der Waals surface area contributed by atoms with Crippen molar-refractivity contribution in [3.8, 4) is 0 Å². The summed E-state index contributed by atoms with van der Waals surface area (Å²) in [7, 11) is 0. The number of imidazole rings is 1. The van der Waals surface area contributed by atoms with Crippen molar-refractivity contribution >= 4 is 5.95 Å². The van der Waals surface area contributed by atoms with Gasteiger partial charge in [-0.15, -0.1) is 0 Å². The second-order valence-electron chi connectivity index (χ2n) is 5.10. The SMILES string of the molecule is CCOC(C)CNc1nccn1C1CCCCC1. The average molecular weight is 251 g/mol. The second kappa shape index (κ2) is 6.78. The van der Waals surface area contributed by atoms with E-state index in [0.29, 0.717) is 6.04 Å². The lowest BCUT2D eigenvalue weighted by Crippen LogP contribution is -2.23. The maximum absolute atomic E-state index is 5.53. The third-order valence-corrected chi connectivity index (χ3v) is 3.64. The molecule has 1 fully saturated rings. The minimum Gasteiger partial charge on any atom is -0.377 e. The van der Waals surface area contributed by atoms with E-state index in [9.17, 15) is 0 Å². The Hall–Kier alpha value is -1.03. The molecule has 0 aliphatic heterocycles. The van der Waals surface area contributed by atoms with Crippen LogP contribution in [-0.4, -0.2) is 28.8 Å². The molecule has 1 aliphatic carbocycles. The molecule has 1 atom stereocenters. The number of ether oxygens (including phenoxy) is 1. The zero-order chi connectivity index (χ0) is 12.8. The molecule has 1 saturated carbocycles. The van der Waals surface area contributed by atoms with Crippen LogP contribution >= 0.6 is 0 Å². The Labute approximate surface area is 110 Å². The first-order valence-corrected chi connectivity index (χ1v) is 7.19. The summed E-state index contributed by atoms with van der Waals surface area (Å²) in [6.07, 6.45) is 10.9. The van der Waals surface area contributed by atoms with Gasteiger partial charge in [-0.05, 0) is 26.7 Å². The molecule has 1 N–H and O–H groups in total. The minimum absolute atomic E-state index is 0.228. The first-order chi connectivity index (χ1) is 8.81. The van der Waals surface area contributed by atoms with Crippen molar-refractivity contribution in [2.45, 2.75) is 58.1 Å². The Morgan fingerprint density at radius 2 is 2.22 bits per heavy atom. The summed E-state index contributed by atoms with van der Waals surface area (Å²) in [4.78, 5) is 4.42. The van der Waals surface area contributed by atoms with Crippen LogP contribution in [0.5, 0.6) is 0 Å². The molecule has 0 amide bonds. The molecule has 0 aromatic carbocycles. The fourth-order valence-corrected chi connectivity index (χ4v) is 2.68. The Morgan fingerprint density at radius 1 is 1.44 bits per heavy atom. The van der Waals surface area contributed by atoms with Crippen LogP contribution in [-0.2, 0) is 4.74 Å². The van der Waals surface area contributed by atoms with Gasteiger partial charge in [0.25, 0.3) is 0 Å². The number of aromatic nitrogens is 2. The summed E-state index contributed by atoms with van der Waals surface area (Å²) in [5, 5.41) is 3.40. The Kier molecular flexibility index (Phi) is 5.05. The highest BCUT2D eigenvalue weighted by Gasteiger charge is 2.17. The topological polar surface area (TPSA) is 39.1 Å². The number of nitrogens with one attached hydrogen (secondary N) is 1. The van der Waals surface area contributed by atoms with Crippen LogP contribution < -0.4 is 5.32 Å². The zero-order valence-corrected chi connectivity index (χ0v) is 11.6. The van der Waals surface area contributed by atoms with Gasteiger partial charge in [-0.25, -0.2) is 4.98 Å². The van der Waals surface area contributed by atoms with Crippen LogP contribution in [0.2, 0.25) is 0 Å². The second-order valence-corrected chi connectivity index (χ2v) is 5.10. The summed E-state index contributed by atoms with van der Waals surface area (Å²) < 4.78 is 7.83. The van der Waals surface area contributed by atoms with E-state index < -0.39 is 0 Å². The lowest BCUT2D eigenvalue weighted by molar-refractivity contribution is 0.0853. The molecule has 18 heavy (non-hydrogen) atoms. The van der Waals surface area contributed by atoms with Crippen LogP contribution in [0.15, 0.2) is 12.4 Å². The number of hydrogen-bond donors (Lipinski definition) is 1. The smallest absolute Gasteiger partial charge is 0.203 e. The van der Waals surface area contributed by atoms with Crippen molar-refractivity contribution in [1.29, 1.82) is 0 Å². The molecule has 1 unspecified atom stereocenters. The third-order valence-electron chi connectivity index (χ3n) is 3.64. The molecule has 0 saturated heterocycles. The average Bonchev–Trinajstić information content (AvgIpc) is 2.86. The van der Waals surface area contributed by atoms with Gasteiger partial charge in [0.1, 0.15) is 0 Å². The molecule has 4 nitrogen and oxygen atoms in total. The summed E-state index contributed by atoms with van der Waals surface area (Å²) in [6, 6.07) is 0.631. The molecule has 2 rings (SSSR count). The first-order valence-electron chi connectivity index (χ1n) is 7.19. The summed E-state index contributed by atoms with van der Waals surface area (Å²) in [5.41, 5.74) is 0. The van der Waals surface area contributed by atoms with Crippen molar-refractivity contribution in [2.24, 2.45) is 0 Å². The lowest BCUT2D eigenvalue weighted by atomic mass is 9.95. The largest absolute Gasteiger partial charge is 0.377 e. The van der Waals surface area contributed by atoms with E-state index in [2.05, 4.69) is 28.0 Å². The van der Waals surface area contributed by atoms with E-state index in [1.807, 2.05) is 13.1 Å². The van der Waals surface area contributed by atoms with Gasteiger partial charge in [0, 0.05) is 31.6 Å². The van der Waals surface area contributed by atoms with Crippen molar-refractivity contribution in [3.63, 3.8) is 0 Å². The highest BCUT2D eigenvalue weighted by Crippen LogP contribution is 2.30. The maximum Gasteiger partial charge on any atom is 0.203 e. The molecule has 4 heteroatoms. The standard InChI is InChI=1S/C14H25N3O/c1-3-18-12(2)11-16-14-15-9-10-17(14)13-7-5-4-6-8-13/h9-10,12-13H,3-8,11H2,1-2H3,(H,15,16). The van der Waals surface area contributed by atoms with Gasteiger partial charge in [-0.1, -0.05) is 19.3 Å². The van der Waals surface area contributed by atoms with Gasteiger partial charge >= 0.3 is 0 Å². The number of nitrogens with zero attached hydrogens (tertiary/aromatic N) is 2. The van der Waals surface area contributed by atoms with Crippen LogP contribution in [0, 0.1) is 0 Å². The van der Waals surface area contributed by atoms with E-state index in [-0.39, 0.29) is 6.10 Å². The molecule has 1 aromatic rings. The molecular weight excluding hydrogens is 226 g/mol. The van der Waals surface area contributed by atoms with Crippen molar-refractivity contribution in [1.82, 2.24) is 9.55 Å². The Balaban J connectivity index is 1.90. The number of hydrogen-bond acceptors (Lipinski definition) is 3. The van der Waals surface area contributed by atoms with Gasteiger partial charge in [0.15, 0.2) is 0 Å². The molecule has 0 bridgehead atoms. The molecule has 0 spiro atoms. The van der Waals surface area contributed by atoms with Gasteiger partial charge in [-0.3, -0.25) is 0 Å². The quantitative estimate of drug-likeness (QED) is 0.843. The fraction of sp³-hybridized carbons (Fsp3) is 0.786. The zero-order valence-electron chi connectivity index (χ0n) is 11.6. The third kappa shape index (κ3) is 3.48. The summed E-state index contributed by atoms with van der Waals surface area (Å²) in [6.45, 7) is 5.70. The molecule has 102 valence electrons. The van der Waals surface area contributed by atoms with Gasteiger partial charge < -0.3 is 14.6 Å². The lowest BCUT2D eigenvalue weighted by Gasteiger charge is -2.25. The molecule has 0 radical (unpaired) electrons. The molecule has 1 heterocycles.